The fraction of sp³-hybridized carbons (Fsp3) is 0.500. The maximum atomic E-state index is 13.2. The topological polar surface area (TPSA) is 0 Å². The Hall–Kier alpha value is -0.560. The molecular weight excluding hydrogens is 199 g/mol. The van der Waals surface area contributed by atoms with Crippen LogP contribution in [0, 0.1) is 5.82 Å². The molecule has 1 aromatic carbocycles. The molecule has 0 amide bonds. The van der Waals surface area contributed by atoms with E-state index in [-0.39, 0.29) is 16.6 Å². The van der Waals surface area contributed by atoms with Crippen molar-refractivity contribution in [3.05, 3.63) is 34.1 Å². The number of benzene rings is 1. The van der Waals surface area contributed by atoms with Crippen LogP contribution in [0.1, 0.15) is 38.8 Å². The predicted octanol–water partition coefficient (Wildman–Crippen LogP) is 4.05. The summed E-state index contributed by atoms with van der Waals surface area (Å²) in [6.07, 6.45) is 0. The van der Waals surface area contributed by atoms with E-state index in [0.717, 1.165) is 11.1 Å². The van der Waals surface area contributed by atoms with E-state index in [4.69, 9.17) is 11.6 Å². The maximum Gasteiger partial charge on any atom is 0.125 e. The van der Waals surface area contributed by atoms with Crippen molar-refractivity contribution in [1.29, 1.82) is 0 Å². The van der Waals surface area contributed by atoms with Crippen LogP contribution < -0.4 is 0 Å². The number of hydrogen-bond acceptors (Lipinski definition) is 0. The second kappa shape index (κ2) is 2.52. The quantitative estimate of drug-likeness (QED) is 0.609. The SMILES string of the molecule is CC1(C)c2cc(F)cc(Cl)c2C1(C)C. The molecule has 0 fully saturated rings. The molecule has 0 N–H and O–H groups in total. The summed E-state index contributed by atoms with van der Waals surface area (Å²) in [7, 11) is 0. The van der Waals surface area contributed by atoms with Crippen molar-refractivity contribution >= 4 is 11.6 Å². The molecule has 0 heterocycles. The molecule has 14 heavy (non-hydrogen) atoms. The molecule has 0 atom stereocenters. The third kappa shape index (κ3) is 0.939. The zero-order valence-corrected chi connectivity index (χ0v) is 9.67. The van der Waals surface area contributed by atoms with Crippen molar-refractivity contribution in [1.82, 2.24) is 0 Å². The van der Waals surface area contributed by atoms with Gasteiger partial charge in [0, 0.05) is 10.4 Å². The summed E-state index contributed by atoms with van der Waals surface area (Å²) in [5.74, 6) is -0.239. The van der Waals surface area contributed by atoms with Gasteiger partial charge in [-0.05, 0) is 28.7 Å². The molecule has 0 nitrogen and oxygen atoms in total. The highest BCUT2D eigenvalue weighted by Crippen LogP contribution is 2.57. The van der Waals surface area contributed by atoms with Crippen LogP contribution in [0.3, 0.4) is 0 Å². The average Bonchev–Trinajstić information content (AvgIpc) is 2.01. The maximum absolute atomic E-state index is 13.2. The molecule has 1 aliphatic carbocycles. The number of fused-ring (bicyclic) bond motifs is 1. The zero-order chi connectivity index (χ0) is 10.7. The summed E-state index contributed by atoms with van der Waals surface area (Å²) < 4.78 is 13.2. The van der Waals surface area contributed by atoms with E-state index in [2.05, 4.69) is 27.7 Å². The number of hydrogen-bond donors (Lipinski definition) is 0. The van der Waals surface area contributed by atoms with Gasteiger partial charge in [-0.2, -0.15) is 0 Å². The lowest BCUT2D eigenvalue weighted by Gasteiger charge is -2.54. The largest absolute Gasteiger partial charge is 0.207 e. The van der Waals surface area contributed by atoms with Crippen LogP contribution in [0.5, 0.6) is 0 Å². The van der Waals surface area contributed by atoms with E-state index in [1.165, 1.54) is 6.07 Å². The van der Waals surface area contributed by atoms with Crippen LogP contribution in [-0.4, -0.2) is 0 Å². The van der Waals surface area contributed by atoms with Gasteiger partial charge in [0.25, 0.3) is 0 Å². The summed E-state index contributed by atoms with van der Waals surface area (Å²) in [4.78, 5) is 0. The lowest BCUT2D eigenvalue weighted by molar-refractivity contribution is 0.241. The van der Waals surface area contributed by atoms with E-state index in [1.54, 1.807) is 6.07 Å². The minimum atomic E-state index is -0.239. The van der Waals surface area contributed by atoms with Crippen LogP contribution in [-0.2, 0) is 10.8 Å². The van der Waals surface area contributed by atoms with Crippen LogP contribution in [0.2, 0.25) is 5.02 Å². The molecule has 0 aromatic heterocycles. The first kappa shape index (κ1) is 9.97. The molecule has 0 unspecified atom stereocenters. The van der Waals surface area contributed by atoms with Crippen LogP contribution in [0.4, 0.5) is 4.39 Å². The van der Waals surface area contributed by atoms with Gasteiger partial charge in [0.1, 0.15) is 5.82 Å². The van der Waals surface area contributed by atoms with Crippen LogP contribution in [0.15, 0.2) is 12.1 Å². The molecule has 0 spiro atoms. The minimum Gasteiger partial charge on any atom is -0.207 e. The normalized spacial score (nSPS) is 21.3. The first-order valence-corrected chi connectivity index (χ1v) is 5.16. The fourth-order valence-corrected chi connectivity index (χ4v) is 2.73. The Bertz CT molecular complexity index is 405. The Morgan fingerprint density at radius 2 is 1.64 bits per heavy atom. The molecule has 0 radical (unpaired) electrons. The molecule has 0 bridgehead atoms. The van der Waals surface area contributed by atoms with Gasteiger partial charge in [-0.1, -0.05) is 39.3 Å². The summed E-state index contributed by atoms with van der Waals surface area (Å²) in [6, 6.07) is 3.00. The second-order valence-electron chi connectivity index (χ2n) is 5.06. The standard InChI is InChI=1S/C12H14ClF/c1-11(2)8-5-7(14)6-9(13)10(8)12(11,3)4/h5-6H,1-4H3. The van der Waals surface area contributed by atoms with Gasteiger partial charge in [0.15, 0.2) is 0 Å². The molecular formula is C12H14ClF. The minimum absolute atomic E-state index is 0.00801. The highest BCUT2D eigenvalue weighted by molar-refractivity contribution is 6.31. The van der Waals surface area contributed by atoms with Crippen LogP contribution in [0.25, 0.3) is 0 Å². The lowest BCUT2D eigenvalue weighted by Crippen LogP contribution is -2.51. The molecule has 2 heteroatoms. The van der Waals surface area contributed by atoms with E-state index < -0.39 is 0 Å². The Morgan fingerprint density at radius 1 is 1.07 bits per heavy atom. The van der Waals surface area contributed by atoms with Crippen molar-refractivity contribution in [2.75, 3.05) is 0 Å². The monoisotopic (exact) mass is 212 g/mol. The molecule has 76 valence electrons. The first-order valence-electron chi connectivity index (χ1n) is 4.78. The highest BCUT2D eigenvalue weighted by Gasteiger charge is 2.52. The molecule has 0 aliphatic heterocycles. The van der Waals surface area contributed by atoms with E-state index in [9.17, 15) is 4.39 Å². The van der Waals surface area contributed by atoms with Gasteiger partial charge >= 0.3 is 0 Å². The van der Waals surface area contributed by atoms with Gasteiger partial charge in [0.05, 0.1) is 0 Å². The molecule has 2 rings (SSSR count). The Balaban J connectivity index is 2.72. The van der Waals surface area contributed by atoms with E-state index in [0.29, 0.717) is 5.02 Å². The van der Waals surface area contributed by atoms with Gasteiger partial charge < -0.3 is 0 Å². The smallest absolute Gasteiger partial charge is 0.125 e. The second-order valence-corrected chi connectivity index (χ2v) is 5.47. The van der Waals surface area contributed by atoms with Crippen molar-refractivity contribution in [2.24, 2.45) is 0 Å². The van der Waals surface area contributed by atoms with E-state index in [1.807, 2.05) is 0 Å². The predicted molar refractivity (Wildman–Crippen MR) is 57.5 cm³/mol. The Labute approximate surface area is 89.1 Å². The molecule has 0 saturated heterocycles. The summed E-state index contributed by atoms with van der Waals surface area (Å²) in [5.41, 5.74) is 2.19. The Kier molecular flexibility index (Phi) is 1.79. The van der Waals surface area contributed by atoms with E-state index >= 15 is 0 Å². The summed E-state index contributed by atoms with van der Waals surface area (Å²) >= 11 is 6.04. The van der Waals surface area contributed by atoms with Crippen molar-refractivity contribution in [2.45, 2.75) is 38.5 Å². The Morgan fingerprint density at radius 3 is 2.21 bits per heavy atom. The number of halogens is 2. The number of rotatable bonds is 0. The van der Waals surface area contributed by atoms with Gasteiger partial charge in [-0.15, -0.1) is 0 Å². The highest BCUT2D eigenvalue weighted by atomic mass is 35.5. The third-order valence-electron chi connectivity index (χ3n) is 3.92. The van der Waals surface area contributed by atoms with Gasteiger partial charge in [-0.25, -0.2) is 4.39 Å². The first-order chi connectivity index (χ1) is 6.28. The van der Waals surface area contributed by atoms with Crippen molar-refractivity contribution in [3.8, 4) is 0 Å². The van der Waals surface area contributed by atoms with Crippen LogP contribution >= 0.6 is 11.6 Å². The third-order valence-corrected chi connectivity index (χ3v) is 4.21. The molecule has 0 saturated carbocycles. The fourth-order valence-electron chi connectivity index (χ4n) is 2.29. The van der Waals surface area contributed by atoms with Gasteiger partial charge in [-0.3, -0.25) is 0 Å². The summed E-state index contributed by atoms with van der Waals surface area (Å²) in [6.45, 7) is 8.56. The average molecular weight is 213 g/mol. The summed E-state index contributed by atoms with van der Waals surface area (Å²) in [5, 5.41) is 0.560. The molecule has 1 aliphatic rings. The van der Waals surface area contributed by atoms with Gasteiger partial charge in [0.2, 0.25) is 0 Å². The van der Waals surface area contributed by atoms with Crippen molar-refractivity contribution in [3.63, 3.8) is 0 Å². The zero-order valence-electron chi connectivity index (χ0n) is 8.91. The van der Waals surface area contributed by atoms with Crippen molar-refractivity contribution < 1.29 is 4.39 Å². The lowest BCUT2D eigenvalue weighted by atomic mass is 9.49. The molecule has 1 aromatic rings.